The van der Waals surface area contributed by atoms with Crippen LogP contribution in [0.2, 0.25) is 0 Å². The van der Waals surface area contributed by atoms with Gasteiger partial charge in [0.1, 0.15) is 6.04 Å². The smallest absolute Gasteiger partial charge is 0.326 e. The molecule has 0 saturated carbocycles. The lowest BCUT2D eigenvalue weighted by atomic mass is 9.99. The molecule has 0 spiro atoms. The Morgan fingerprint density at radius 2 is 2.00 bits per heavy atom. The van der Waals surface area contributed by atoms with Crippen LogP contribution in [0.4, 0.5) is 0 Å². The average molecular weight is 281 g/mol. The molecule has 0 aromatic heterocycles. The fourth-order valence-electron chi connectivity index (χ4n) is 1.73. The molecule has 0 aliphatic heterocycles. The molecule has 19 heavy (non-hydrogen) atoms. The van der Waals surface area contributed by atoms with E-state index in [2.05, 4.69) is 5.32 Å². The molecule has 1 unspecified atom stereocenters. The van der Waals surface area contributed by atoms with Gasteiger partial charge < -0.3 is 10.4 Å². The number of benzene rings is 1. The minimum atomic E-state index is -0.996. The van der Waals surface area contributed by atoms with E-state index in [0.29, 0.717) is 12.0 Å². The van der Waals surface area contributed by atoms with E-state index < -0.39 is 12.0 Å². The van der Waals surface area contributed by atoms with E-state index in [1.165, 1.54) is 11.8 Å². The van der Waals surface area contributed by atoms with Crippen molar-refractivity contribution >= 4 is 23.6 Å². The third-order valence-electron chi connectivity index (χ3n) is 3.12. The molecular weight excluding hydrogens is 262 g/mol. The van der Waals surface area contributed by atoms with E-state index >= 15 is 0 Å². The normalized spacial score (nSPS) is 13.6. The van der Waals surface area contributed by atoms with Gasteiger partial charge in [-0.25, -0.2) is 4.79 Å². The summed E-state index contributed by atoms with van der Waals surface area (Å²) in [5, 5.41) is 11.8. The van der Waals surface area contributed by atoms with Crippen molar-refractivity contribution in [2.24, 2.45) is 5.92 Å². The minimum Gasteiger partial charge on any atom is -0.480 e. The first-order chi connectivity index (χ1) is 9.01. The first-order valence-corrected chi connectivity index (χ1v) is 7.40. The van der Waals surface area contributed by atoms with E-state index in [-0.39, 0.29) is 11.8 Å². The molecule has 0 radical (unpaired) electrons. The number of carbonyl (C=O) groups is 2. The largest absolute Gasteiger partial charge is 0.480 e. The van der Waals surface area contributed by atoms with Gasteiger partial charge in [0.25, 0.3) is 5.91 Å². The van der Waals surface area contributed by atoms with Gasteiger partial charge in [0.2, 0.25) is 0 Å². The third kappa shape index (κ3) is 3.99. The lowest BCUT2D eigenvalue weighted by molar-refractivity contribution is -0.140. The van der Waals surface area contributed by atoms with E-state index in [4.69, 9.17) is 0 Å². The summed E-state index contributed by atoms with van der Waals surface area (Å²) < 4.78 is 0. The highest BCUT2D eigenvalue weighted by molar-refractivity contribution is 7.98. The molecule has 2 atom stereocenters. The number of thioether (sulfide) groups is 1. The lowest BCUT2D eigenvalue weighted by Crippen LogP contribution is -2.45. The molecule has 1 aromatic rings. The SMILES string of the molecule is CCC(C)[C@H](NC(=O)c1ccccc1SC)C(=O)O. The molecule has 104 valence electrons. The number of carbonyl (C=O) groups excluding carboxylic acids is 1. The Hall–Kier alpha value is -1.49. The maximum Gasteiger partial charge on any atom is 0.326 e. The topological polar surface area (TPSA) is 66.4 Å². The van der Waals surface area contributed by atoms with Crippen molar-refractivity contribution in [3.8, 4) is 0 Å². The van der Waals surface area contributed by atoms with Gasteiger partial charge in [0, 0.05) is 4.90 Å². The quantitative estimate of drug-likeness (QED) is 0.787. The summed E-state index contributed by atoms with van der Waals surface area (Å²) in [6.07, 6.45) is 2.58. The summed E-state index contributed by atoms with van der Waals surface area (Å²) in [6.45, 7) is 3.72. The maximum absolute atomic E-state index is 12.2. The number of rotatable bonds is 6. The molecule has 4 nitrogen and oxygen atoms in total. The van der Waals surface area contributed by atoms with Gasteiger partial charge in [-0.2, -0.15) is 0 Å². The fraction of sp³-hybridized carbons (Fsp3) is 0.429. The summed E-state index contributed by atoms with van der Waals surface area (Å²) in [5.74, 6) is -1.44. The molecular formula is C14H19NO3S. The van der Waals surface area contributed by atoms with Crippen LogP contribution in [0, 0.1) is 5.92 Å². The van der Waals surface area contributed by atoms with Crippen molar-refractivity contribution < 1.29 is 14.7 Å². The fourth-order valence-corrected chi connectivity index (χ4v) is 2.33. The Bertz CT molecular complexity index is 462. The number of hydrogen-bond donors (Lipinski definition) is 2. The van der Waals surface area contributed by atoms with Crippen LogP contribution in [-0.4, -0.2) is 29.3 Å². The highest BCUT2D eigenvalue weighted by Gasteiger charge is 2.26. The van der Waals surface area contributed by atoms with Crippen LogP contribution >= 0.6 is 11.8 Å². The average Bonchev–Trinajstić information content (AvgIpc) is 2.43. The molecule has 0 fully saturated rings. The predicted molar refractivity (Wildman–Crippen MR) is 76.6 cm³/mol. The van der Waals surface area contributed by atoms with Gasteiger partial charge in [-0.3, -0.25) is 4.79 Å². The zero-order valence-corrected chi connectivity index (χ0v) is 12.2. The van der Waals surface area contributed by atoms with E-state index in [9.17, 15) is 14.7 Å². The van der Waals surface area contributed by atoms with Crippen molar-refractivity contribution in [2.75, 3.05) is 6.26 Å². The van der Waals surface area contributed by atoms with Crippen molar-refractivity contribution in [1.82, 2.24) is 5.32 Å². The molecule has 1 aromatic carbocycles. The Labute approximate surface area is 117 Å². The molecule has 0 saturated heterocycles. The zero-order chi connectivity index (χ0) is 14.4. The second kappa shape index (κ2) is 7.19. The third-order valence-corrected chi connectivity index (χ3v) is 3.91. The second-order valence-corrected chi connectivity index (χ2v) is 5.22. The molecule has 1 amide bonds. The van der Waals surface area contributed by atoms with E-state index in [1.807, 2.05) is 32.2 Å². The van der Waals surface area contributed by atoms with Crippen molar-refractivity contribution in [1.29, 1.82) is 0 Å². The van der Waals surface area contributed by atoms with Crippen LogP contribution < -0.4 is 5.32 Å². The van der Waals surface area contributed by atoms with E-state index in [0.717, 1.165) is 4.90 Å². The van der Waals surface area contributed by atoms with E-state index in [1.54, 1.807) is 12.1 Å². The van der Waals surface area contributed by atoms with Gasteiger partial charge in [-0.15, -0.1) is 11.8 Å². The predicted octanol–water partition coefficient (Wildman–Crippen LogP) is 2.64. The summed E-state index contributed by atoms with van der Waals surface area (Å²) in [7, 11) is 0. The molecule has 0 aliphatic carbocycles. The first kappa shape index (κ1) is 15.6. The molecule has 0 aliphatic rings. The van der Waals surface area contributed by atoms with Crippen LogP contribution in [-0.2, 0) is 4.79 Å². The zero-order valence-electron chi connectivity index (χ0n) is 11.3. The summed E-state index contributed by atoms with van der Waals surface area (Å²) in [6, 6.07) is 6.32. The van der Waals surface area contributed by atoms with Gasteiger partial charge in [-0.1, -0.05) is 32.4 Å². The van der Waals surface area contributed by atoms with Crippen molar-refractivity contribution in [3.63, 3.8) is 0 Å². The molecule has 1 rings (SSSR count). The maximum atomic E-state index is 12.2. The minimum absolute atomic E-state index is 0.108. The molecule has 0 heterocycles. The standard InChI is InChI=1S/C14H19NO3S/c1-4-9(2)12(14(17)18)15-13(16)10-7-5-6-8-11(10)19-3/h5-9,12H,4H2,1-3H3,(H,15,16)(H,17,18)/t9?,12-/m0/s1. The summed E-state index contributed by atoms with van der Waals surface area (Å²) in [4.78, 5) is 24.2. The number of carboxylic acids is 1. The molecule has 2 N–H and O–H groups in total. The van der Waals surface area contributed by atoms with Crippen molar-refractivity contribution in [2.45, 2.75) is 31.2 Å². The summed E-state index contributed by atoms with van der Waals surface area (Å²) in [5.41, 5.74) is 0.518. The van der Waals surface area contributed by atoms with Crippen LogP contribution in [0.5, 0.6) is 0 Å². The van der Waals surface area contributed by atoms with Crippen LogP contribution in [0.25, 0.3) is 0 Å². The van der Waals surface area contributed by atoms with Gasteiger partial charge in [-0.05, 0) is 24.3 Å². The highest BCUT2D eigenvalue weighted by atomic mass is 32.2. The van der Waals surface area contributed by atoms with Crippen LogP contribution in [0.1, 0.15) is 30.6 Å². The van der Waals surface area contributed by atoms with Crippen LogP contribution in [0.15, 0.2) is 29.2 Å². The molecule has 0 bridgehead atoms. The van der Waals surface area contributed by atoms with Gasteiger partial charge >= 0.3 is 5.97 Å². The van der Waals surface area contributed by atoms with Gasteiger partial charge in [0.15, 0.2) is 0 Å². The molecule has 5 heteroatoms. The first-order valence-electron chi connectivity index (χ1n) is 6.17. The Balaban J connectivity index is 2.91. The number of carboxylic acid groups (broad SMARTS) is 1. The Kier molecular flexibility index (Phi) is 5.89. The number of nitrogens with one attached hydrogen (secondary N) is 1. The Morgan fingerprint density at radius 1 is 1.37 bits per heavy atom. The number of hydrogen-bond acceptors (Lipinski definition) is 3. The van der Waals surface area contributed by atoms with Crippen molar-refractivity contribution in [3.05, 3.63) is 29.8 Å². The number of aliphatic carboxylic acids is 1. The second-order valence-electron chi connectivity index (χ2n) is 4.38. The lowest BCUT2D eigenvalue weighted by Gasteiger charge is -2.20. The number of amides is 1. The summed E-state index contributed by atoms with van der Waals surface area (Å²) >= 11 is 1.47. The van der Waals surface area contributed by atoms with Gasteiger partial charge in [0.05, 0.1) is 5.56 Å². The monoisotopic (exact) mass is 281 g/mol. The Morgan fingerprint density at radius 3 is 2.53 bits per heavy atom. The highest BCUT2D eigenvalue weighted by Crippen LogP contribution is 2.20. The van der Waals surface area contributed by atoms with Crippen LogP contribution in [0.3, 0.4) is 0 Å².